The number of carbonyl (C=O) groups excluding carboxylic acids is 1. The van der Waals surface area contributed by atoms with E-state index in [4.69, 9.17) is 10.5 Å². The van der Waals surface area contributed by atoms with Gasteiger partial charge in [0.15, 0.2) is 5.78 Å². The van der Waals surface area contributed by atoms with E-state index in [0.717, 1.165) is 5.56 Å². The van der Waals surface area contributed by atoms with Gasteiger partial charge in [0.25, 0.3) is 0 Å². The molecular formula is C10H13NO2S. The van der Waals surface area contributed by atoms with Gasteiger partial charge in [0.05, 0.1) is 5.54 Å². The van der Waals surface area contributed by atoms with Crippen LogP contribution in [0, 0.1) is 0 Å². The number of rotatable bonds is 2. The van der Waals surface area contributed by atoms with Crippen LogP contribution in [0.1, 0.15) is 23.2 Å². The Morgan fingerprint density at radius 1 is 1.50 bits per heavy atom. The summed E-state index contributed by atoms with van der Waals surface area (Å²) in [5, 5.41) is 3.75. The van der Waals surface area contributed by atoms with Crippen molar-refractivity contribution in [3.63, 3.8) is 0 Å². The van der Waals surface area contributed by atoms with Crippen molar-refractivity contribution >= 4 is 17.1 Å². The SMILES string of the molecule is NC1(C(=O)c2ccsc2)CCOCC1. The van der Waals surface area contributed by atoms with Gasteiger partial charge in [-0.05, 0) is 24.3 Å². The van der Waals surface area contributed by atoms with Crippen LogP contribution in [0.4, 0.5) is 0 Å². The fourth-order valence-electron chi connectivity index (χ4n) is 1.64. The van der Waals surface area contributed by atoms with Gasteiger partial charge in [0.2, 0.25) is 0 Å². The molecule has 76 valence electrons. The second kappa shape index (κ2) is 3.81. The third-order valence-electron chi connectivity index (χ3n) is 2.62. The lowest BCUT2D eigenvalue weighted by molar-refractivity contribution is 0.0448. The smallest absolute Gasteiger partial charge is 0.183 e. The quantitative estimate of drug-likeness (QED) is 0.753. The van der Waals surface area contributed by atoms with Crippen LogP contribution in [0.15, 0.2) is 16.8 Å². The maximum absolute atomic E-state index is 12.0. The first kappa shape index (κ1) is 9.83. The summed E-state index contributed by atoms with van der Waals surface area (Å²) < 4.78 is 5.20. The Morgan fingerprint density at radius 2 is 2.21 bits per heavy atom. The highest BCUT2D eigenvalue weighted by Gasteiger charge is 2.36. The van der Waals surface area contributed by atoms with Crippen LogP contribution in [-0.2, 0) is 4.74 Å². The number of ether oxygens (including phenoxy) is 1. The molecule has 0 amide bonds. The van der Waals surface area contributed by atoms with Gasteiger partial charge in [0, 0.05) is 24.2 Å². The summed E-state index contributed by atoms with van der Waals surface area (Å²) in [4.78, 5) is 12.0. The summed E-state index contributed by atoms with van der Waals surface area (Å²) in [6.45, 7) is 1.18. The predicted molar refractivity (Wildman–Crippen MR) is 55.6 cm³/mol. The predicted octanol–water partition coefficient (Wildman–Crippen LogP) is 1.44. The molecule has 0 unspecified atom stereocenters. The Bertz CT molecular complexity index is 315. The van der Waals surface area contributed by atoms with Crippen molar-refractivity contribution in [2.75, 3.05) is 13.2 Å². The van der Waals surface area contributed by atoms with E-state index >= 15 is 0 Å². The van der Waals surface area contributed by atoms with Gasteiger partial charge < -0.3 is 10.5 Å². The third-order valence-corrected chi connectivity index (χ3v) is 3.30. The molecule has 0 bridgehead atoms. The number of hydrogen-bond donors (Lipinski definition) is 1. The number of ketones is 1. The molecule has 0 radical (unpaired) electrons. The van der Waals surface area contributed by atoms with E-state index in [-0.39, 0.29) is 5.78 Å². The van der Waals surface area contributed by atoms with E-state index < -0.39 is 5.54 Å². The highest BCUT2D eigenvalue weighted by molar-refractivity contribution is 7.08. The Morgan fingerprint density at radius 3 is 2.79 bits per heavy atom. The largest absolute Gasteiger partial charge is 0.381 e. The molecule has 0 saturated carbocycles. The minimum Gasteiger partial charge on any atom is -0.381 e. The zero-order valence-electron chi connectivity index (χ0n) is 7.86. The Hall–Kier alpha value is -0.710. The standard InChI is InChI=1S/C10H13NO2S/c11-10(2-4-13-5-3-10)9(12)8-1-6-14-7-8/h1,6-7H,2-5,11H2. The fraction of sp³-hybridized carbons (Fsp3) is 0.500. The maximum Gasteiger partial charge on any atom is 0.183 e. The van der Waals surface area contributed by atoms with Gasteiger partial charge in [-0.1, -0.05) is 0 Å². The first-order valence-corrected chi connectivity index (χ1v) is 5.60. The molecule has 4 heteroatoms. The molecule has 2 rings (SSSR count). The normalized spacial score (nSPS) is 20.6. The van der Waals surface area contributed by atoms with Crippen LogP contribution in [0.5, 0.6) is 0 Å². The van der Waals surface area contributed by atoms with Crippen molar-refractivity contribution in [3.8, 4) is 0 Å². The molecule has 3 nitrogen and oxygen atoms in total. The van der Waals surface area contributed by atoms with Gasteiger partial charge in [-0.3, -0.25) is 4.79 Å². The number of Topliss-reactive ketones (excluding diaryl/α,β-unsaturated/α-hetero) is 1. The molecule has 1 aromatic heterocycles. The van der Waals surface area contributed by atoms with Crippen LogP contribution in [-0.4, -0.2) is 24.5 Å². The molecule has 1 aliphatic rings. The lowest BCUT2D eigenvalue weighted by Crippen LogP contribution is -2.51. The minimum atomic E-state index is -0.695. The first-order chi connectivity index (χ1) is 6.72. The molecule has 1 aliphatic heterocycles. The number of thiophene rings is 1. The Kier molecular flexibility index (Phi) is 2.67. The third kappa shape index (κ3) is 1.73. The summed E-state index contributed by atoms with van der Waals surface area (Å²) in [6.07, 6.45) is 1.25. The van der Waals surface area contributed by atoms with Gasteiger partial charge in [-0.25, -0.2) is 0 Å². The van der Waals surface area contributed by atoms with E-state index in [1.165, 1.54) is 11.3 Å². The summed E-state index contributed by atoms with van der Waals surface area (Å²) in [7, 11) is 0. The van der Waals surface area contributed by atoms with Crippen LogP contribution in [0.2, 0.25) is 0 Å². The van der Waals surface area contributed by atoms with E-state index in [0.29, 0.717) is 26.1 Å². The summed E-state index contributed by atoms with van der Waals surface area (Å²) >= 11 is 1.52. The topological polar surface area (TPSA) is 52.3 Å². The molecular weight excluding hydrogens is 198 g/mol. The number of carbonyl (C=O) groups is 1. The van der Waals surface area contributed by atoms with Crippen LogP contribution in [0.25, 0.3) is 0 Å². The highest BCUT2D eigenvalue weighted by Crippen LogP contribution is 2.23. The molecule has 1 fully saturated rings. The van der Waals surface area contributed by atoms with Crippen LogP contribution in [0.3, 0.4) is 0 Å². The van der Waals surface area contributed by atoms with E-state index in [1.807, 2.05) is 16.8 Å². The molecule has 14 heavy (non-hydrogen) atoms. The van der Waals surface area contributed by atoms with Gasteiger partial charge in [0.1, 0.15) is 0 Å². The second-order valence-corrected chi connectivity index (χ2v) is 4.39. The Labute approximate surface area is 86.9 Å². The van der Waals surface area contributed by atoms with Crippen molar-refractivity contribution in [1.29, 1.82) is 0 Å². The average molecular weight is 211 g/mol. The lowest BCUT2D eigenvalue weighted by atomic mass is 9.84. The van der Waals surface area contributed by atoms with Gasteiger partial charge in [-0.15, -0.1) is 0 Å². The van der Waals surface area contributed by atoms with E-state index in [9.17, 15) is 4.79 Å². The van der Waals surface area contributed by atoms with E-state index in [2.05, 4.69) is 0 Å². The van der Waals surface area contributed by atoms with Crippen molar-refractivity contribution in [3.05, 3.63) is 22.4 Å². The molecule has 0 aliphatic carbocycles. The lowest BCUT2D eigenvalue weighted by Gasteiger charge is -2.31. The monoisotopic (exact) mass is 211 g/mol. The number of nitrogens with two attached hydrogens (primary N) is 1. The summed E-state index contributed by atoms with van der Waals surface area (Å²) in [5.74, 6) is 0.0575. The molecule has 0 aromatic carbocycles. The molecule has 2 heterocycles. The first-order valence-electron chi connectivity index (χ1n) is 4.66. The van der Waals surface area contributed by atoms with Crippen molar-refractivity contribution < 1.29 is 9.53 Å². The molecule has 0 atom stereocenters. The molecule has 2 N–H and O–H groups in total. The summed E-state index contributed by atoms with van der Waals surface area (Å²) in [5.41, 5.74) is 6.11. The molecule has 0 spiro atoms. The minimum absolute atomic E-state index is 0.0575. The van der Waals surface area contributed by atoms with Gasteiger partial charge >= 0.3 is 0 Å². The van der Waals surface area contributed by atoms with Gasteiger partial charge in [-0.2, -0.15) is 11.3 Å². The molecule has 1 aromatic rings. The maximum atomic E-state index is 12.0. The second-order valence-electron chi connectivity index (χ2n) is 3.61. The Balaban J connectivity index is 2.17. The number of hydrogen-bond acceptors (Lipinski definition) is 4. The zero-order chi connectivity index (χ0) is 10.0. The van der Waals surface area contributed by atoms with Crippen molar-refractivity contribution in [1.82, 2.24) is 0 Å². The van der Waals surface area contributed by atoms with Crippen LogP contribution < -0.4 is 5.73 Å². The van der Waals surface area contributed by atoms with Crippen molar-refractivity contribution in [2.24, 2.45) is 5.73 Å². The summed E-state index contributed by atoms with van der Waals surface area (Å²) in [6, 6.07) is 1.83. The van der Waals surface area contributed by atoms with Crippen LogP contribution >= 0.6 is 11.3 Å². The highest BCUT2D eigenvalue weighted by atomic mass is 32.1. The van der Waals surface area contributed by atoms with Crippen molar-refractivity contribution in [2.45, 2.75) is 18.4 Å². The fourth-order valence-corrected chi connectivity index (χ4v) is 2.28. The molecule has 1 saturated heterocycles. The average Bonchev–Trinajstić information content (AvgIpc) is 2.70. The van der Waals surface area contributed by atoms with E-state index in [1.54, 1.807) is 0 Å². The zero-order valence-corrected chi connectivity index (χ0v) is 8.68.